The Bertz CT molecular complexity index is 1240. The Morgan fingerprint density at radius 2 is 1.88 bits per heavy atom. The van der Waals surface area contributed by atoms with Crippen LogP contribution in [-0.4, -0.2) is 39.4 Å². The van der Waals surface area contributed by atoms with Gasteiger partial charge < -0.3 is 24.9 Å². The van der Waals surface area contributed by atoms with E-state index in [9.17, 15) is 0 Å². The second-order valence-corrected chi connectivity index (χ2v) is 8.08. The predicted molar refractivity (Wildman–Crippen MR) is 147 cm³/mol. The second-order valence-electron chi connectivity index (χ2n) is 8.08. The van der Waals surface area contributed by atoms with Gasteiger partial charge in [-0.15, -0.1) is 34.2 Å². The molecule has 34 heavy (non-hydrogen) atoms. The first-order valence-corrected chi connectivity index (χ1v) is 11.1. The number of halogens is 1. The zero-order valence-electron chi connectivity index (χ0n) is 20.1. The number of aryl methyl sites for hydroxylation is 2. The molecule has 0 aliphatic rings. The van der Waals surface area contributed by atoms with Gasteiger partial charge in [0.05, 0.1) is 20.2 Å². The van der Waals surface area contributed by atoms with Crippen LogP contribution in [0.25, 0.3) is 10.9 Å². The largest absolute Gasteiger partial charge is 0.497 e. The highest BCUT2D eigenvalue weighted by Gasteiger charge is 2.09. The van der Waals surface area contributed by atoms with Crippen molar-refractivity contribution in [1.29, 1.82) is 0 Å². The molecule has 0 radical (unpaired) electrons. The van der Waals surface area contributed by atoms with Gasteiger partial charge in [0.2, 0.25) is 0 Å². The lowest BCUT2D eigenvalue weighted by molar-refractivity contribution is 0.414. The zero-order valence-corrected chi connectivity index (χ0v) is 22.4. The molecule has 8 nitrogen and oxygen atoms in total. The van der Waals surface area contributed by atoms with E-state index in [2.05, 4.69) is 57.1 Å². The number of aromatic nitrogens is 4. The van der Waals surface area contributed by atoms with Crippen molar-refractivity contribution in [3.8, 4) is 5.75 Å². The summed E-state index contributed by atoms with van der Waals surface area (Å²) in [6, 6.07) is 14.3. The molecule has 2 aromatic carbocycles. The lowest BCUT2D eigenvalue weighted by Crippen LogP contribution is -2.38. The Kier molecular flexibility index (Phi) is 8.91. The minimum absolute atomic E-state index is 0. The average Bonchev–Trinajstić information content (AvgIpc) is 3.39. The third-order valence-electron chi connectivity index (χ3n) is 5.86. The van der Waals surface area contributed by atoms with Gasteiger partial charge in [0, 0.05) is 30.7 Å². The number of nitrogens with zero attached hydrogens (tertiary/aromatic N) is 4. The monoisotopic (exact) mass is 573 g/mol. The van der Waals surface area contributed by atoms with E-state index in [1.165, 1.54) is 22.0 Å². The molecule has 180 valence electrons. The van der Waals surface area contributed by atoms with E-state index in [1.807, 2.05) is 42.8 Å². The summed E-state index contributed by atoms with van der Waals surface area (Å²) in [5.74, 6) is 3.32. The van der Waals surface area contributed by atoms with Crippen LogP contribution < -0.4 is 15.4 Å². The molecule has 0 aliphatic carbocycles. The maximum Gasteiger partial charge on any atom is 0.191 e. The molecule has 0 aliphatic heterocycles. The maximum absolute atomic E-state index is 5.24. The number of aliphatic imine (C=N–C) groups is 1. The first kappa shape index (κ1) is 25.5. The van der Waals surface area contributed by atoms with Gasteiger partial charge >= 0.3 is 0 Å². The van der Waals surface area contributed by atoms with Crippen LogP contribution in [-0.2, 0) is 26.6 Å². The summed E-state index contributed by atoms with van der Waals surface area (Å²) in [7, 11) is 3.63. The van der Waals surface area contributed by atoms with Gasteiger partial charge in [-0.25, -0.2) is 4.99 Å². The van der Waals surface area contributed by atoms with Crippen molar-refractivity contribution >= 4 is 40.8 Å². The van der Waals surface area contributed by atoms with E-state index in [0.29, 0.717) is 13.1 Å². The Morgan fingerprint density at radius 1 is 1.09 bits per heavy atom. The smallest absolute Gasteiger partial charge is 0.191 e. The van der Waals surface area contributed by atoms with E-state index in [4.69, 9.17) is 9.73 Å². The molecule has 2 heterocycles. The van der Waals surface area contributed by atoms with Gasteiger partial charge in [0.15, 0.2) is 11.8 Å². The van der Waals surface area contributed by atoms with Crippen LogP contribution in [0.2, 0.25) is 0 Å². The molecule has 0 fully saturated rings. The summed E-state index contributed by atoms with van der Waals surface area (Å²) in [6.07, 6.45) is 2.99. The number of fused-ring (bicyclic) bond motifs is 1. The lowest BCUT2D eigenvalue weighted by atomic mass is 10.1. The standard InChI is InChI=1S/C25H31N7O.HI/c1-17-6-5-7-22-24(17)20(15-27-22)12-13-26-25(29-16-23-31-30-18(2)32(23)3)28-14-19-8-10-21(33-4)11-9-19;/h5-11,15,27H,12-14,16H2,1-4H3,(H2,26,28,29);1H. The SMILES string of the molecule is COc1ccc(CN=C(NCCc2c[nH]c3cccc(C)c23)NCc2nnc(C)n2C)cc1.I. The van der Waals surface area contributed by atoms with Crippen molar-refractivity contribution in [1.82, 2.24) is 30.4 Å². The molecule has 4 aromatic rings. The van der Waals surface area contributed by atoms with Crippen molar-refractivity contribution in [2.24, 2.45) is 12.0 Å². The minimum Gasteiger partial charge on any atom is -0.497 e. The molecular formula is C25H32IN7O. The van der Waals surface area contributed by atoms with Crippen LogP contribution in [0.1, 0.15) is 28.3 Å². The maximum atomic E-state index is 5.24. The fraction of sp³-hybridized carbons (Fsp3) is 0.320. The van der Waals surface area contributed by atoms with Gasteiger partial charge in [-0.3, -0.25) is 0 Å². The summed E-state index contributed by atoms with van der Waals surface area (Å²) in [6.45, 7) is 5.95. The molecule has 0 saturated heterocycles. The topological polar surface area (TPSA) is 92.2 Å². The van der Waals surface area contributed by atoms with Crippen LogP contribution in [0.4, 0.5) is 0 Å². The fourth-order valence-electron chi connectivity index (χ4n) is 3.81. The predicted octanol–water partition coefficient (Wildman–Crippen LogP) is 4.02. The Balaban J connectivity index is 0.00000324. The molecule has 9 heteroatoms. The number of guanidine groups is 1. The molecule has 2 aromatic heterocycles. The van der Waals surface area contributed by atoms with Crippen molar-refractivity contribution in [3.63, 3.8) is 0 Å². The first-order valence-electron chi connectivity index (χ1n) is 11.1. The molecule has 3 N–H and O–H groups in total. The number of hydrogen-bond acceptors (Lipinski definition) is 4. The number of aromatic amines is 1. The Morgan fingerprint density at radius 3 is 2.59 bits per heavy atom. The second kappa shape index (κ2) is 11.9. The highest BCUT2D eigenvalue weighted by molar-refractivity contribution is 14.0. The van der Waals surface area contributed by atoms with Crippen LogP contribution in [0.15, 0.2) is 53.7 Å². The third-order valence-corrected chi connectivity index (χ3v) is 5.86. The number of nitrogens with one attached hydrogen (secondary N) is 3. The van der Waals surface area contributed by atoms with Crippen molar-refractivity contribution < 1.29 is 4.74 Å². The van der Waals surface area contributed by atoms with Gasteiger partial charge in [-0.2, -0.15) is 0 Å². The highest BCUT2D eigenvalue weighted by atomic mass is 127. The van der Waals surface area contributed by atoms with E-state index < -0.39 is 0 Å². The number of benzene rings is 2. The Hall–Kier alpha value is -3.08. The summed E-state index contributed by atoms with van der Waals surface area (Å²) in [5, 5.41) is 16.5. The minimum atomic E-state index is 0. The van der Waals surface area contributed by atoms with E-state index >= 15 is 0 Å². The van der Waals surface area contributed by atoms with Gasteiger partial charge in [-0.1, -0.05) is 24.3 Å². The summed E-state index contributed by atoms with van der Waals surface area (Å²) in [5.41, 5.74) is 4.87. The summed E-state index contributed by atoms with van der Waals surface area (Å²) >= 11 is 0. The fourth-order valence-corrected chi connectivity index (χ4v) is 3.81. The summed E-state index contributed by atoms with van der Waals surface area (Å²) in [4.78, 5) is 8.16. The number of ether oxygens (including phenoxy) is 1. The van der Waals surface area contributed by atoms with Crippen molar-refractivity contribution in [2.45, 2.75) is 33.4 Å². The third kappa shape index (κ3) is 6.07. The van der Waals surface area contributed by atoms with E-state index in [0.717, 1.165) is 41.9 Å². The summed E-state index contributed by atoms with van der Waals surface area (Å²) < 4.78 is 7.22. The number of H-pyrrole nitrogens is 1. The number of rotatable bonds is 8. The van der Waals surface area contributed by atoms with Crippen LogP contribution in [0.3, 0.4) is 0 Å². The number of methoxy groups -OCH3 is 1. The molecule has 0 spiro atoms. The van der Waals surface area contributed by atoms with Crippen molar-refractivity contribution in [3.05, 3.63) is 77.0 Å². The van der Waals surface area contributed by atoms with Gasteiger partial charge in [-0.05, 0) is 55.2 Å². The van der Waals surface area contributed by atoms with Gasteiger partial charge in [0.25, 0.3) is 0 Å². The normalized spacial score (nSPS) is 11.4. The molecule has 0 amide bonds. The van der Waals surface area contributed by atoms with Gasteiger partial charge in [0.1, 0.15) is 11.6 Å². The lowest BCUT2D eigenvalue weighted by Gasteiger charge is -2.13. The van der Waals surface area contributed by atoms with Crippen LogP contribution >= 0.6 is 24.0 Å². The Labute approximate surface area is 217 Å². The quantitative estimate of drug-likeness (QED) is 0.168. The molecule has 0 atom stereocenters. The molecular weight excluding hydrogens is 541 g/mol. The average molecular weight is 573 g/mol. The molecule has 0 unspecified atom stereocenters. The van der Waals surface area contributed by atoms with Crippen molar-refractivity contribution in [2.75, 3.05) is 13.7 Å². The highest BCUT2D eigenvalue weighted by Crippen LogP contribution is 2.22. The molecule has 0 bridgehead atoms. The molecule has 0 saturated carbocycles. The van der Waals surface area contributed by atoms with Crippen LogP contribution in [0, 0.1) is 13.8 Å². The first-order chi connectivity index (χ1) is 16.0. The van der Waals surface area contributed by atoms with E-state index in [1.54, 1.807) is 7.11 Å². The van der Waals surface area contributed by atoms with E-state index in [-0.39, 0.29) is 24.0 Å². The molecule has 4 rings (SSSR count). The van der Waals surface area contributed by atoms with Crippen LogP contribution in [0.5, 0.6) is 5.75 Å². The number of hydrogen-bond donors (Lipinski definition) is 3. The zero-order chi connectivity index (χ0) is 23.2.